The van der Waals surface area contributed by atoms with E-state index < -0.39 is 0 Å². The molecular weight excluding hydrogens is 388 g/mol. The minimum Gasteiger partial charge on any atom is -0.438 e. The first-order chi connectivity index (χ1) is 15.0. The third-order valence-electron chi connectivity index (χ3n) is 11.1. The number of hydrogen-bond donors (Lipinski definition) is 0. The van der Waals surface area contributed by atoms with E-state index >= 15 is 0 Å². The van der Waals surface area contributed by atoms with Crippen LogP contribution in [0.4, 0.5) is 0 Å². The lowest BCUT2D eigenvalue weighted by atomic mass is 9.46. The first-order valence-electron chi connectivity index (χ1n) is 13.4. The summed E-state index contributed by atoms with van der Waals surface area (Å²) in [5.41, 5.74) is 0.296. The fourth-order valence-electron chi connectivity index (χ4n) is 9.90. The lowest BCUT2D eigenvalue weighted by Gasteiger charge is -2.60. The molecule has 0 aromatic carbocycles. The van der Waals surface area contributed by atoms with Crippen LogP contribution in [0.15, 0.2) is 0 Å². The maximum Gasteiger partial charge on any atom is 0.311 e. The number of carbonyl (C=O) groups excluding carboxylic acids is 1. The molecule has 7 fully saturated rings. The molecule has 0 amide bonds. The summed E-state index contributed by atoms with van der Waals surface area (Å²) in [4.78, 5) is 13.0. The van der Waals surface area contributed by atoms with Gasteiger partial charge in [0, 0.05) is 0 Å². The summed E-state index contributed by atoms with van der Waals surface area (Å²) >= 11 is 0. The molecule has 6 saturated carbocycles. The van der Waals surface area contributed by atoms with E-state index in [4.69, 9.17) is 14.2 Å². The number of hydrogen-bond acceptors (Lipinski definition) is 4. The Bertz CT molecular complexity index is 675. The molecule has 6 aliphatic carbocycles. The molecule has 7 rings (SSSR count). The van der Waals surface area contributed by atoms with Crippen LogP contribution in [0.25, 0.3) is 0 Å². The molecule has 7 unspecified atom stereocenters. The van der Waals surface area contributed by atoms with Crippen molar-refractivity contribution in [2.75, 3.05) is 13.4 Å². The van der Waals surface area contributed by atoms with Gasteiger partial charge in [-0.05, 0) is 111 Å². The van der Waals surface area contributed by atoms with Gasteiger partial charge in [0.05, 0.1) is 24.7 Å². The van der Waals surface area contributed by atoms with E-state index in [0.717, 1.165) is 49.5 Å². The van der Waals surface area contributed by atoms with Crippen LogP contribution in [0.5, 0.6) is 0 Å². The molecule has 174 valence electrons. The van der Waals surface area contributed by atoms with Crippen LogP contribution in [-0.4, -0.2) is 31.6 Å². The number of fused-ring (bicyclic) bond motifs is 5. The Morgan fingerprint density at radius 1 is 0.903 bits per heavy atom. The summed E-state index contributed by atoms with van der Waals surface area (Å²) in [7, 11) is 0. The Morgan fingerprint density at radius 2 is 1.55 bits per heavy atom. The summed E-state index contributed by atoms with van der Waals surface area (Å²) in [5.74, 6) is 6.03. The topological polar surface area (TPSA) is 44.8 Å². The van der Waals surface area contributed by atoms with Crippen molar-refractivity contribution in [1.82, 2.24) is 0 Å². The number of rotatable bonds is 7. The normalized spacial score (nSPS) is 53.8. The molecule has 0 radical (unpaired) electrons. The zero-order valence-electron chi connectivity index (χ0n) is 19.8. The highest BCUT2D eigenvalue weighted by molar-refractivity contribution is 5.73. The third kappa shape index (κ3) is 3.17. The summed E-state index contributed by atoms with van der Waals surface area (Å²) in [6, 6.07) is 0. The van der Waals surface area contributed by atoms with Gasteiger partial charge in [-0.25, -0.2) is 0 Å². The molecule has 0 N–H and O–H groups in total. The Labute approximate surface area is 188 Å². The van der Waals surface area contributed by atoms with Crippen molar-refractivity contribution in [2.24, 2.45) is 58.7 Å². The first kappa shape index (κ1) is 21.0. The van der Waals surface area contributed by atoms with E-state index in [9.17, 15) is 4.79 Å². The van der Waals surface area contributed by atoms with Gasteiger partial charge in [0.2, 0.25) is 0 Å². The quantitative estimate of drug-likeness (QED) is 0.306. The van der Waals surface area contributed by atoms with Crippen LogP contribution in [0.2, 0.25) is 0 Å². The molecule has 31 heavy (non-hydrogen) atoms. The highest BCUT2D eigenvalue weighted by atomic mass is 16.7. The van der Waals surface area contributed by atoms with Gasteiger partial charge in [-0.3, -0.25) is 4.79 Å². The van der Waals surface area contributed by atoms with Crippen LogP contribution in [0.1, 0.15) is 78.6 Å². The standard InChI is InChI=1S/C27H42O4/c1-4-22-24-17-11-20(25(24)23(5-2)31-22)21(12-17)26(28)30-14-29-13-27(3)18-7-15-6-16(9-18)10-19(27)8-15/h15-25H,4-14H2,1-3H3. The van der Waals surface area contributed by atoms with E-state index in [-0.39, 0.29) is 18.7 Å². The number of esters is 1. The summed E-state index contributed by atoms with van der Waals surface area (Å²) in [6.07, 6.45) is 12.2. The summed E-state index contributed by atoms with van der Waals surface area (Å²) < 4.78 is 18.2. The van der Waals surface area contributed by atoms with Crippen LogP contribution in [-0.2, 0) is 19.0 Å². The molecule has 4 heteroatoms. The maximum atomic E-state index is 13.0. The zero-order valence-corrected chi connectivity index (χ0v) is 19.8. The first-order valence-corrected chi connectivity index (χ1v) is 13.4. The van der Waals surface area contributed by atoms with Crippen LogP contribution >= 0.6 is 0 Å². The lowest BCUT2D eigenvalue weighted by molar-refractivity contribution is -0.179. The molecular formula is C27H42O4. The van der Waals surface area contributed by atoms with Gasteiger partial charge in [-0.2, -0.15) is 0 Å². The van der Waals surface area contributed by atoms with Crippen molar-refractivity contribution < 1.29 is 19.0 Å². The average Bonchev–Trinajstić information content (AvgIpc) is 3.45. The highest BCUT2D eigenvalue weighted by Gasteiger charge is 2.62. The molecule has 0 aromatic heterocycles. The molecule has 1 aliphatic heterocycles. The number of carbonyl (C=O) groups is 1. The van der Waals surface area contributed by atoms with E-state index in [0.29, 0.717) is 41.3 Å². The Kier molecular flexibility index (Phi) is 5.22. The van der Waals surface area contributed by atoms with Crippen molar-refractivity contribution in [3.8, 4) is 0 Å². The largest absolute Gasteiger partial charge is 0.438 e. The van der Waals surface area contributed by atoms with Gasteiger partial charge in [0.15, 0.2) is 6.79 Å². The Morgan fingerprint density at radius 3 is 2.19 bits per heavy atom. The predicted octanol–water partition coefficient (Wildman–Crippen LogP) is 5.44. The van der Waals surface area contributed by atoms with Gasteiger partial charge >= 0.3 is 5.97 Å². The van der Waals surface area contributed by atoms with Crippen molar-refractivity contribution in [1.29, 1.82) is 0 Å². The molecule has 7 atom stereocenters. The van der Waals surface area contributed by atoms with Gasteiger partial charge in [-0.1, -0.05) is 20.8 Å². The second kappa shape index (κ2) is 7.72. The minimum absolute atomic E-state index is 0.00372. The molecule has 0 aromatic rings. The summed E-state index contributed by atoms with van der Waals surface area (Å²) in [5, 5.41) is 0. The zero-order chi connectivity index (χ0) is 21.3. The second-order valence-corrected chi connectivity index (χ2v) is 12.4. The van der Waals surface area contributed by atoms with Crippen LogP contribution in [0, 0.1) is 58.7 Å². The van der Waals surface area contributed by atoms with Gasteiger partial charge in [-0.15, -0.1) is 0 Å². The molecule has 4 nitrogen and oxygen atoms in total. The molecule has 0 spiro atoms. The average molecular weight is 431 g/mol. The van der Waals surface area contributed by atoms with Crippen molar-refractivity contribution in [2.45, 2.75) is 90.8 Å². The lowest BCUT2D eigenvalue weighted by Crippen LogP contribution is -2.53. The SMILES string of the molecule is CCC1OC(CC)C2C3CC(CC3C(=O)OCOCC3(C)C4CC5CC(C4)CC3C5)C12. The Hall–Kier alpha value is -0.610. The maximum absolute atomic E-state index is 13.0. The smallest absolute Gasteiger partial charge is 0.311 e. The fraction of sp³-hybridized carbons (Fsp3) is 0.963. The van der Waals surface area contributed by atoms with Gasteiger partial charge in [0.25, 0.3) is 0 Å². The fourth-order valence-corrected chi connectivity index (χ4v) is 9.90. The van der Waals surface area contributed by atoms with Crippen molar-refractivity contribution in [3.63, 3.8) is 0 Å². The second-order valence-electron chi connectivity index (χ2n) is 12.4. The van der Waals surface area contributed by atoms with Crippen LogP contribution in [0.3, 0.4) is 0 Å². The minimum atomic E-state index is -0.00372. The summed E-state index contributed by atoms with van der Waals surface area (Å²) in [6.45, 7) is 7.85. The molecule has 6 bridgehead atoms. The molecule has 1 heterocycles. The van der Waals surface area contributed by atoms with E-state index in [1.165, 1.54) is 38.5 Å². The van der Waals surface area contributed by atoms with Crippen molar-refractivity contribution in [3.05, 3.63) is 0 Å². The Balaban J connectivity index is 1.02. The van der Waals surface area contributed by atoms with E-state index in [2.05, 4.69) is 20.8 Å². The number of ether oxygens (including phenoxy) is 3. The van der Waals surface area contributed by atoms with Crippen LogP contribution < -0.4 is 0 Å². The van der Waals surface area contributed by atoms with E-state index in [1.54, 1.807) is 0 Å². The predicted molar refractivity (Wildman–Crippen MR) is 118 cm³/mol. The van der Waals surface area contributed by atoms with E-state index in [1.807, 2.05) is 0 Å². The monoisotopic (exact) mass is 430 g/mol. The van der Waals surface area contributed by atoms with Gasteiger partial charge in [0.1, 0.15) is 0 Å². The van der Waals surface area contributed by atoms with Gasteiger partial charge < -0.3 is 14.2 Å². The highest BCUT2D eigenvalue weighted by Crippen LogP contribution is 2.63. The molecule has 1 saturated heterocycles. The molecule has 7 aliphatic rings. The van der Waals surface area contributed by atoms with Crippen molar-refractivity contribution >= 4 is 5.97 Å². The third-order valence-corrected chi connectivity index (χ3v) is 11.1.